The predicted molar refractivity (Wildman–Crippen MR) is 110 cm³/mol. The molecule has 1 fully saturated rings. The molecule has 3 aromatic rings. The van der Waals surface area contributed by atoms with E-state index in [4.69, 9.17) is 4.74 Å². The minimum Gasteiger partial charge on any atom is -0.503 e. The Labute approximate surface area is 168 Å². The van der Waals surface area contributed by atoms with Gasteiger partial charge in [0.2, 0.25) is 0 Å². The Morgan fingerprint density at radius 2 is 1.72 bits per heavy atom. The molecular formula is C23H22N2O4. The van der Waals surface area contributed by atoms with Gasteiger partial charge in [-0.3, -0.25) is 9.59 Å². The molecular weight excluding hydrogens is 368 g/mol. The second-order valence-electron chi connectivity index (χ2n) is 7.23. The number of hydrogen-bond acceptors (Lipinski definition) is 5. The highest BCUT2D eigenvalue weighted by Crippen LogP contribution is 2.36. The van der Waals surface area contributed by atoms with Crippen LogP contribution in [0.5, 0.6) is 11.5 Å². The Kier molecular flexibility index (Phi) is 5.16. The third-order valence-corrected chi connectivity index (χ3v) is 5.16. The van der Waals surface area contributed by atoms with Crippen molar-refractivity contribution >= 4 is 5.78 Å². The first-order chi connectivity index (χ1) is 14.0. The molecule has 1 N–H and O–H groups in total. The van der Waals surface area contributed by atoms with Crippen molar-refractivity contribution in [1.29, 1.82) is 0 Å². The lowest BCUT2D eigenvalue weighted by molar-refractivity contribution is 0.100. The van der Waals surface area contributed by atoms with E-state index in [0.717, 1.165) is 29.7 Å². The fourth-order valence-corrected chi connectivity index (χ4v) is 3.71. The molecule has 6 heteroatoms. The molecule has 2 aromatic carbocycles. The van der Waals surface area contributed by atoms with E-state index in [1.807, 2.05) is 48.5 Å². The first-order valence-electron chi connectivity index (χ1n) is 9.74. The molecule has 0 atom stereocenters. The highest BCUT2D eigenvalue weighted by Gasteiger charge is 2.20. The number of benzene rings is 2. The second-order valence-corrected chi connectivity index (χ2v) is 7.23. The fourth-order valence-electron chi connectivity index (χ4n) is 3.71. The van der Waals surface area contributed by atoms with E-state index >= 15 is 0 Å². The topological polar surface area (TPSA) is 81.4 Å². The van der Waals surface area contributed by atoms with Crippen molar-refractivity contribution in [2.75, 3.05) is 0 Å². The normalized spacial score (nSPS) is 14.1. The minimum atomic E-state index is -0.767. The van der Waals surface area contributed by atoms with Gasteiger partial charge >= 0.3 is 0 Å². The standard InChI is InChI=1S/C23H22N2O4/c1-15(26)22-23(28)20(27)14-25(24-22)19-12-6-4-10-17(19)18-11-5-7-13-21(18)29-16-8-2-3-9-16/h4-7,10-14,16,27H,2-3,8-9H2,1H3. The van der Waals surface area contributed by atoms with Crippen LogP contribution in [0.3, 0.4) is 0 Å². The van der Waals surface area contributed by atoms with Crippen molar-refractivity contribution in [3.05, 3.63) is 70.6 Å². The third-order valence-electron chi connectivity index (χ3n) is 5.16. The van der Waals surface area contributed by atoms with E-state index in [2.05, 4.69) is 5.10 Å². The number of rotatable bonds is 5. The van der Waals surface area contributed by atoms with Crippen molar-refractivity contribution in [3.8, 4) is 28.3 Å². The molecule has 0 aliphatic heterocycles. The van der Waals surface area contributed by atoms with Gasteiger partial charge in [0.05, 0.1) is 18.0 Å². The van der Waals surface area contributed by atoms with E-state index in [9.17, 15) is 14.7 Å². The zero-order valence-electron chi connectivity index (χ0n) is 16.2. The Morgan fingerprint density at radius 3 is 2.45 bits per heavy atom. The lowest BCUT2D eigenvalue weighted by Gasteiger charge is -2.19. The molecule has 0 spiro atoms. The first-order valence-corrected chi connectivity index (χ1v) is 9.74. The minimum absolute atomic E-state index is 0.210. The lowest BCUT2D eigenvalue weighted by Crippen LogP contribution is -2.20. The smallest absolute Gasteiger partial charge is 0.252 e. The Morgan fingerprint density at radius 1 is 1.07 bits per heavy atom. The molecule has 1 aliphatic carbocycles. The van der Waals surface area contributed by atoms with Crippen LogP contribution in [0.25, 0.3) is 16.8 Å². The number of carbonyl (C=O) groups is 1. The highest BCUT2D eigenvalue weighted by molar-refractivity contribution is 5.92. The van der Waals surface area contributed by atoms with Gasteiger partial charge in [-0.2, -0.15) is 5.10 Å². The molecule has 1 heterocycles. The van der Waals surface area contributed by atoms with Crippen LogP contribution in [0, 0.1) is 0 Å². The van der Waals surface area contributed by atoms with Crippen LogP contribution in [0.2, 0.25) is 0 Å². The van der Waals surface area contributed by atoms with Crippen LogP contribution in [0.1, 0.15) is 43.1 Å². The molecule has 4 rings (SSSR count). The summed E-state index contributed by atoms with van der Waals surface area (Å²) in [6.45, 7) is 1.25. The summed E-state index contributed by atoms with van der Waals surface area (Å²) in [7, 11) is 0. The number of ketones is 1. The van der Waals surface area contributed by atoms with Gasteiger partial charge in [-0.15, -0.1) is 0 Å². The quantitative estimate of drug-likeness (QED) is 0.663. The summed E-state index contributed by atoms with van der Waals surface area (Å²) >= 11 is 0. The summed E-state index contributed by atoms with van der Waals surface area (Å²) in [5.41, 5.74) is 1.28. The van der Waals surface area contributed by atoms with Gasteiger partial charge < -0.3 is 9.84 Å². The zero-order valence-corrected chi connectivity index (χ0v) is 16.2. The number of Topliss-reactive ketones (excluding diaryl/α,β-unsaturated/α-hetero) is 1. The molecule has 0 unspecified atom stereocenters. The summed E-state index contributed by atoms with van der Waals surface area (Å²) in [5.74, 6) is -0.235. The predicted octanol–water partition coefficient (Wildman–Crippen LogP) is 4.13. The van der Waals surface area contributed by atoms with Gasteiger partial charge in [0.25, 0.3) is 5.43 Å². The van der Waals surface area contributed by atoms with Crippen LogP contribution in [-0.4, -0.2) is 26.8 Å². The van der Waals surface area contributed by atoms with Gasteiger partial charge in [0.1, 0.15) is 5.75 Å². The highest BCUT2D eigenvalue weighted by atomic mass is 16.5. The SMILES string of the molecule is CC(=O)c1nn(-c2ccccc2-c2ccccc2OC2CCCC2)cc(O)c1=O. The maximum Gasteiger partial charge on any atom is 0.252 e. The summed E-state index contributed by atoms with van der Waals surface area (Å²) in [6.07, 6.45) is 5.89. The second kappa shape index (κ2) is 7.91. The van der Waals surface area contributed by atoms with Gasteiger partial charge in [0.15, 0.2) is 17.2 Å². The van der Waals surface area contributed by atoms with Gasteiger partial charge in [-0.25, -0.2) is 4.68 Å². The molecule has 0 radical (unpaired) electrons. The van der Waals surface area contributed by atoms with E-state index in [1.165, 1.54) is 30.6 Å². The van der Waals surface area contributed by atoms with Crippen molar-refractivity contribution < 1.29 is 14.6 Å². The van der Waals surface area contributed by atoms with Crippen molar-refractivity contribution in [3.63, 3.8) is 0 Å². The lowest BCUT2D eigenvalue weighted by atomic mass is 10.0. The molecule has 148 valence electrons. The number of aromatic hydroxyl groups is 1. The fraction of sp³-hybridized carbons (Fsp3) is 0.261. The van der Waals surface area contributed by atoms with Gasteiger partial charge in [0, 0.05) is 18.1 Å². The number of para-hydroxylation sites is 2. The number of aromatic nitrogens is 2. The van der Waals surface area contributed by atoms with Crippen LogP contribution >= 0.6 is 0 Å². The summed E-state index contributed by atoms with van der Waals surface area (Å²) in [6, 6.07) is 15.3. The summed E-state index contributed by atoms with van der Waals surface area (Å²) < 4.78 is 7.64. The number of carbonyl (C=O) groups excluding carboxylic acids is 1. The molecule has 1 aromatic heterocycles. The number of hydrogen-bond donors (Lipinski definition) is 1. The van der Waals surface area contributed by atoms with Gasteiger partial charge in [-0.05, 0) is 37.8 Å². The van der Waals surface area contributed by atoms with E-state index in [1.54, 1.807) is 0 Å². The first kappa shape index (κ1) is 18.9. The molecule has 0 saturated heterocycles. The molecule has 29 heavy (non-hydrogen) atoms. The average Bonchev–Trinajstić information content (AvgIpc) is 3.23. The Bertz CT molecular complexity index is 1110. The molecule has 1 aliphatic rings. The van der Waals surface area contributed by atoms with E-state index < -0.39 is 17.0 Å². The molecule has 0 bridgehead atoms. The largest absolute Gasteiger partial charge is 0.503 e. The molecule has 6 nitrogen and oxygen atoms in total. The Hall–Kier alpha value is -3.41. The van der Waals surface area contributed by atoms with E-state index in [0.29, 0.717) is 5.69 Å². The molecule has 0 amide bonds. The number of ether oxygens (including phenoxy) is 1. The van der Waals surface area contributed by atoms with Crippen molar-refractivity contribution in [1.82, 2.24) is 9.78 Å². The summed E-state index contributed by atoms with van der Waals surface area (Å²) in [4.78, 5) is 23.8. The van der Waals surface area contributed by atoms with Crippen LogP contribution < -0.4 is 10.2 Å². The van der Waals surface area contributed by atoms with Crippen LogP contribution in [0.4, 0.5) is 0 Å². The monoisotopic (exact) mass is 390 g/mol. The maximum absolute atomic E-state index is 12.0. The van der Waals surface area contributed by atoms with E-state index in [-0.39, 0.29) is 11.8 Å². The number of nitrogens with zero attached hydrogens (tertiary/aromatic N) is 2. The Balaban J connectivity index is 1.84. The van der Waals surface area contributed by atoms with Gasteiger partial charge in [-0.1, -0.05) is 36.4 Å². The van der Waals surface area contributed by atoms with Crippen LogP contribution in [0.15, 0.2) is 59.5 Å². The van der Waals surface area contributed by atoms with Crippen molar-refractivity contribution in [2.45, 2.75) is 38.7 Å². The van der Waals surface area contributed by atoms with Crippen LogP contribution in [-0.2, 0) is 0 Å². The summed E-state index contributed by atoms with van der Waals surface area (Å²) in [5, 5.41) is 14.2. The van der Waals surface area contributed by atoms with Crippen molar-refractivity contribution in [2.24, 2.45) is 0 Å². The maximum atomic E-state index is 12.0. The third kappa shape index (κ3) is 3.78. The average molecular weight is 390 g/mol. The zero-order chi connectivity index (χ0) is 20.4. The molecule has 1 saturated carbocycles.